The third kappa shape index (κ3) is 15.6. The summed E-state index contributed by atoms with van der Waals surface area (Å²) in [6.45, 7) is 11.2. The summed E-state index contributed by atoms with van der Waals surface area (Å²) in [5.74, 6) is 0.832. The Morgan fingerprint density at radius 2 is 0.962 bits per heavy atom. The first-order valence-electron chi connectivity index (χ1n) is 11.4. The lowest BCUT2D eigenvalue weighted by Crippen LogP contribution is -2.16. The van der Waals surface area contributed by atoms with E-state index in [1.807, 2.05) is 0 Å². The van der Waals surface area contributed by atoms with Crippen molar-refractivity contribution < 1.29 is 4.92 Å². The van der Waals surface area contributed by atoms with E-state index in [1.165, 1.54) is 77.0 Å². The van der Waals surface area contributed by atoms with Gasteiger partial charge in [0.1, 0.15) is 0 Å². The molecule has 26 heavy (non-hydrogen) atoms. The minimum Gasteiger partial charge on any atom is -0.264 e. The molecule has 0 aliphatic carbocycles. The fourth-order valence-electron chi connectivity index (χ4n) is 3.37. The van der Waals surface area contributed by atoms with Gasteiger partial charge in [-0.05, 0) is 17.8 Å². The number of nitrogens with zero attached hydrogens (tertiary/aromatic N) is 1. The van der Waals surface area contributed by atoms with Crippen LogP contribution in [0.25, 0.3) is 0 Å². The van der Waals surface area contributed by atoms with Crippen molar-refractivity contribution in [1.82, 2.24) is 0 Å². The van der Waals surface area contributed by atoms with E-state index >= 15 is 0 Å². The molecule has 3 heteroatoms. The van der Waals surface area contributed by atoms with Gasteiger partial charge >= 0.3 is 0 Å². The zero-order valence-corrected chi connectivity index (χ0v) is 18.5. The van der Waals surface area contributed by atoms with Crippen LogP contribution in [0.15, 0.2) is 0 Å². The fourth-order valence-corrected chi connectivity index (χ4v) is 3.37. The fraction of sp³-hybridized carbons (Fsp3) is 1.00. The molecule has 0 spiro atoms. The lowest BCUT2D eigenvalue weighted by molar-refractivity contribution is -0.519. The summed E-state index contributed by atoms with van der Waals surface area (Å²) in [5.41, 5.74) is 0.466. The maximum absolute atomic E-state index is 10.5. The van der Waals surface area contributed by atoms with Crippen LogP contribution in [0.5, 0.6) is 0 Å². The smallest absolute Gasteiger partial charge is 0.210 e. The molecule has 0 aromatic rings. The van der Waals surface area contributed by atoms with Gasteiger partial charge in [-0.1, -0.05) is 111 Å². The molecule has 2 unspecified atom stereocenters. The summed E-state index contributed by atoms with van der Waals surface area (Å²) in [4.78, 5) is 10.4. The Hall–Kier alpha value is -0.600. The predicted octanol–water partition coefficient (Wildman–Crippen LogP) is 8.19. The molecular formula is C23H47NO2. The highest BCUT2D eigenvalue weighted by molar-refractivity contribution is 4.69. The van der Waals surface area contributed by atoms with Crippen LogP contribution in [0.4, 0.5) is 0 Å². The highest BCUT2D eigenvalue weighted by Crippen LogP contribution is 2.29. The average Bonchev–Trinajstić information content (AvgIpc) is 2.56. The quantitative estimate of drug-likeness (QED) is 0.147. The number of nitro groups is 1. The molecule has 0 amide bonds. The van der Waals surface area contributed by atoms with E-state index in [4.69, 9.17) is 0 Å². The van der Waals surface area contributed by atoms with Gasteiger partial charge in [0.25, 0.3) is 0 Å². The highest BCUT2D eigenvalue weighted by Gasteiger charge is 2.18. The van der Waals surface area contributed by atoms with Gasteiger partial charge in [-0.15, -0.1) is 0 Å². The van der Waals surface area contributed by atoms with E-state index in [0.717, 1.165) is 25.2 Å². The summed E-state index contributed by atoms with van der Waals surface area (Å²) < 4.78 is 0. The van der Waals surface area contributed by atoms with Gasteiger partial charge in [0, 0.05) is 18.3 Å². The highest BCUT2D eigenvalue weighted by atomic mass is 16.6. The summed E-state index contributed by atoms with van der Waals surface area (Å²) in [6.07, 6.45) is 19.4. The van der Waals surface area contributed by atoms with Gasteiger partial charge in [-0.2, -0.15) is 0 Å². The van der Waals surface area contributed by atoms with E-state index in [0.29, 0.717) is 5.41 Å². The Labute approximate surface area is 163 Å². The van der Waals surface area contributed by atoms with Crippen molar-refractivity contribution >= 4 is 0 Å². The molecule has 0 aromatic heterocycles. The van der Waals surface area contributed by atoms with Crippen LogP contribution in [0.3, 0.4) is 0 Å². The second-order valence-electron chi connectivity index (χ2n) is 9.57. The maximum atomic E-state index is 10.5. The molecule has 0 saturated carbocycles. The Balaban J connectivity index is 3.19. The first-order valence-corrected chi connectivity index (χ1v) is 11.4. The molecule has 0 aliphatic rings. The number of rotatable bonds is 17. The molecule has 0 saturated heterocycles. The van der Waals surface area contributed by atoms with Crippen LogP contribution < -0.4 is 0 Å². The largest absolute Gasteiger partial charge is 0.264 e. The van der Waals surface area contributed by atoms with Crippen molar-refractivity contribution in [2.75, 3.05) is 0 Å². The molecule has 0 aliphatic heterocycles. The molecule has 0 aromatic carbocycles. The molecule has 0 fully saturated rings. The molecule has 0 bridgehead atoms. The van der Waals surface area contributed by atoms with Gasteiger partial charge in [-0.3, -0.25) is 10.1 Å². The van der Waals surface area contributed by atoms with Crippen molar-refractivity contribution in [3.63, 3.8) is 0 Å². The van der Waals surface area contributed by atoms with Crippen molar-refractivity contribution in [3.05, 3.63) is 10.1 Å². The van der Waals surface area contributed by atoms with Crippen LogP contribution >= 0.6 is 0 Å². The predicted molar refractivity (Wildman–Crippen MR) is 114 cm³/mol. The SMILES string of the molecule is CC(CCCCCCCCCCCCCCCC(C)C(C)(C)C)[N+](=O)[O-]. The Kier molecular flexibility index (Phi) is 15.1. The third-order valence-electron chi connectivity index (χ3n) is 6.10. The normalized spacial score (nSPS) is 14.3. The van der Waals surface area contributed by atoms with Crippen molar-refractivity contribution in [3.8, 4) is 0 Å². The van der Waals surface area contributed by atoms with Crippen LogP contribution in [-0.2, 0) is 0 Å². The van der Waals surface area contributed by atoms with Gasteiger partial charge in [0.15, 0.2) is 0 Å². The van der Waals surface area contributed by atoms with E-state index in [9.17, 15) is 10.1 Å². The van der Waals surface area contributed by atoms with Crippen LogP contribution in [-0.4, -0.2) is 11.0 Å². The molecule has 0 N–H and O–H groups in total. The van der Waals surface area contributed by atoms with Gasteiger partial charge in [0.05, 0.1) is 0 Å². The van der Waals surface area contributed by atoms with Crippen molar-refractivity contribution in [2.45, 2.75) is 137 Å². The molecule has 156 valence electrons. The third-order valence-corrected chi connectivity index (χ3v) is 6.10. The van der Waals surface area contributed by atoms with E-state index in [1.54, 1.807) is 6.92 Å². The molecule has 3 nitrogen and oxygen atoms in total. The standard InChI is InChI=1S/C23H47NO2/c1-21(23(3,4)5)19-17-15-13-11-9-7-6-8-10-12-14-16-18-20-22(2)24(25)26/h21-22H,6-20H2,1-5H3. The molecule has 0 radical (unpaired) electrons. The molecule has 2 atom stereocenters. The summed E-state index contributed by atoms with van der Waals surface area (Å²) >= 11 is 0. The Morgan fingerprint density at radius 1 is 0.654 bits per heavy atom. The maximum Gasteiger partial charge on any atom is 0.210 e. The van der Waals surface area contributed by atoms with Gasteiger partial charge in [0.2, 0.25) is 6.04 Å². The number of hydrogen-bond acceptors (Lipinski definition) is 2. The minimum atomic E-state index is -0.364. The van der Waals surface area contributed by atoms with Crippen LogP contribution in [0.1, 0.15) is 131 Å². The first-order chi connectivity index (χ1) is 12.2. The topological polar surface area (TPSA) is 43.1 Å². The average molecular weight is 370 g/mol. The summed E-state index contributed by atoms with van der Waals surface area (Å²) in [7, 11) is 0. The van der Waals surface area contributed by atoms with Gasteiger partial charge < -0.3 is 0 Å². The molecule has 0 rings (SSSR count). The molecule has 0 heterocycles. The Morgan fingerprint density at radius 3 is 1.27 bits per heavy atom. The van der Waals surface area contributed by atoms with Gasteiger partial charge in [-0.25, -0.2) is 0 Å². The summed E-state index contributed by atoms with van der Waals surface area (Å²) in [6, 6.07) is -0.364. The first kappa shape index (κ1) is 25.4. The van der Waals surface area contributed by atoms with Crippen molar-refractivity contribution in [1.29, 1.82) is 0 Å². The molecular weight excluding hydrogens is 322 g/mol. The van der Waals surface area contributed by atoms with Crippen LogP contribution in [0, 0.1) is 21.4 Å². The van der Waals surface area contributed by atoms with Crippen molar-refractivity contribution in [2.24, 2.45) is 11.3 Å². The number of hydrogen-bond donors (Lipinski definition) is 0. The number of unbranched alkanes of at least 4 members (excludes halogenated alkanes) is 12. The van der Waals surface area contributed by atoms with E-state index in [2.05, 4.69) is 27.7 Å². The second kappa shape index (κ2) is 15.5. The monoisotopic (exact) mass is 369 g/mol. The minimum absolute atomic E-state index is 0.160. The van der Waals surface area contributed by atoms with Crippen LogP contribution in [0.2, 0.25) is 0 Å². The zero-order valence-electron chi connectivity index (χ0n) is 18.5. The lowest BCUT2D eigenvalue weighted by Gasteiger charge is -2.27. The van der Waals surface area contributed by atoms with E-state index < -0.39 is 0 Å². The Bertz CT molecular complexity index is 336. The lowest BCUT2D eigenvalue weighted by atomic mass is 9.79. The second-order valence-corrected chi connectivity index (χ2v) is 9.57. The van der Waals surface area contributed by atoms with E-state index in [-0.39, 0.29) is 11.0 Å². The summed E-state index contributed by atoms with van der Waals surface area (Å²) in [5, 5.41) is 10.5. The zero-order chi connectivity index (χ0) is 19.8.